The van der Waals surface area contributed by atoms with Gasteiger partial charge in [-0.25, -0.2) is 0 Å². The lowest BCUT2D eigenvalue weighted by molar-refractivity contribution is -0.695. The number of nitrogens with zero attached hydrogens (tertiary/aromatic N) is 2. The summed E-state index contributed by atoms with van der Waals surface area (Å²) < 4.78 is 12.8. The summed E-state index contributed by atoms with van der Waals surface area (Å²) in [5, 5.41) is 2.95. The number of amides is 2. The van der Waals surface area contributed by atoms with Crippen LogP contribution >= 0.6 is 0 Å². The monoisotopic (exact) mass is 432 g/mol. The van der Waals surface area contributed by atoms with E-state index in [0.717, 1.165) is 11.4 Å². The third-order valence-corrected chi connectivity index (χ3v) is 5.20. The van der Waals surface area contributed by atoms with Gasteiger partial charge in [-0.1, -0.05) is 6.07 Å². The molecule has 1 aliphatic heterocycles. The number of carbonyl (C=O) groups excluding carboxylic acids is 2. The molecule has 0 spiro atoms. The maximum absolute atomic E-state index is 13.5. The molecule has 0 fully saturated rings. The highest BCUT2D eigenvalue weighted by molar-refractivity contribution is 6.05. The Bertz CT molecular complexity index is 1100. The molecule has 3 aromatic rings. The molecule has 0 aliphatic carbocycles. The predicted molar refractivity (Wildman–Crippen MR) is 121 cm³/mol. The lowest BCUT2D eigenvalue weighted by atomic mass is 10.0. The first-order valence-corrected chi connectivity index (χ1v) is 10.7. The topological polar surface area (TPSA) is 71.8 Å². The van der Waals surface area contributed by atoms with E-state index < -0.39 is 6.04 Å². The molecule has 32 heavy (non-hydrogen) atoms. The molecule has 1 atom stereocenters. The molecule has 4 rings (SSSR count). The van der Waals surface area contributed by atoms with Gasteiger partial charge in [0, 0.05) is 23.5 Å². The second kappa shape index (κ2) is 9.51. The fourth-order valence-electron chi connectivity index (χ4n) is 3.81. The minimum Gasteiger partial charge on any atom is -0.494 e. The molecule has 2 heterocycles. The average molecular weight is 433 g/mol. The molecule has 1 N–H and O–H groups in total. The molecule has 164 valence electrons. The number of benzene rings is 2. The van der Waals surface area contributed by atoms with Gasteiger partial charge in [-0.3, -0.25) is 14.5 Å². The highest BCUT2D eigenvalue weighted by atomic mass is 16.5. The number of rotatable bonds is 7. The number of fused-ring (bicyclic) bond motifs is 1. The number of anilines is 2. The van der Waals surface area contributed by atoms with Crippen LogP contribution in [0.4, 0.5) is 11.4 Å². The summed E-state index contributed by atoms with van der Waals surface area (Å²) in [6, 6.07) is 19.2. The molecule has 7 nitrogen and oxygen atoms in total. The summed E-state index contributed by atoms with van der Waals surface area (Å²) in [6.45, 7) is 5.12. The van der Waals surface area contributed by atoms with E-state index in [2.05, 4.69) is 5.32 Å². The Kier molecular flexibility index (Phi) is 6.35. The van der Waals surface area contributed by atoms with Crippen LogP contribution in [0.25, 0.3) is 0 Å². The highest BCUT2D eigenvalue weighted by Crippen LogP contribution is 2.31. The van der Waals surface area contributed by atoms with Gasteiger partial charge < -0.3 is 14.8 Å². The van der Waals surface area contributed by atoms with Crippen molar-refractivity contribution in [3.05, 3.63) is 78.6 Å². The van der Waals surface area contributed by atoms with Crippen molar-refractivity contribution in [1.29, 1.82) is 0 Å². The van der Waals surface area contributed by atoms with Crippen molar-refractivity contribution >= 4 is 23.2 Å². The summed E-state index contributed by atoms with van der Waals surface area (Å²) in [4.78, 5) is 28.1. The minimum absolute atomic E-state index is 0.162. The molecule has 0 bridgehead atoms. The lowest BCUT2D eigenvalue weighted by Crippen LogP contribution is -2.58. The Morgan fingerprint density at radius 3 is 2.22 bits per heavy atom. The van der Waals surface area contributed by atoms with Crippen LogP contribution in [0, 0.1) is 0 Å². The van der Waals surface area contributed by atoms with Gasteiger partial charge in [-0.2, -0.15) is 4.57 Å². The number of ether oxygens (including phenoxy) is 2. The number of nitrogens with one attached hydrogen (secondary N) is 1. The molecule has 1 aromatic heterocycles. The van der Waals surface area contributed by atoms with Crippen LogP contribution in [0.3, 0.4) is 0 Å². The third-order valence-electron chi connectivity index (χ3n) is 5.20. The molecule has 0 saturated heterocycles. The zero-order valence-electron chi connectivity index (χ0n) is 18.2. The minimum atomic E-state index is -0.818. The van der Waals surface area contributed by atoms with Crippen LogP contribution in [0.1, 0.15) is 25.6 Å². The van der Waals surface area contributed by atoms with Gasteiger partial charge in [0.25, 0.3) is 11.8 Å². The molecule has 0 saturated carbocycles. The van der Waals surface area contributed by atoms with E-state index in [1.54, 1.807) is 53.4 Å². The predicted octanol–water partition coefficient (Wildman–Crippen LogP) is 3.50. The Labute approximate surface area is 187 Å². The summed E-state index contributed by atoms with van der Waals surface area (Å²) in [5.41, 5.74) is 2.01. The van der Waals surface area contributed by atoms with E-state index in [0.29, 0.717) is 30.3 Å². The smallest absolute Gasteiger partial charge is 0.294 e. The van der Waals surface area contributed by atoms with E-state index in [1.807, 2.05) is 42.8 Å². The Balaban J connectivity index is 1.67. The molecular weight excluding hydrogens is 406 g/mol. The van der Waals surface area contributed by atoms with Gasteiger partial charge in [0.2, 0.25) is 18.3 Å². The molecule has 2 amide bonds. The maximum Gasteiger partial charge on any atom is 0.294 e. The normalized spacial score (nSPS) is 15.1. The molecule has 0 radical (unpaired) electrons. The van der Waals surface area contributed by atoms with Crippen molar-refractivity contribution in [3.63, 3.8) is 0 Å². The van der Waals surface area contributed by atoms with Gasteiger partial charge in [-0.05, 0) is 62.4 Å². The van der Waals surface area contributed by atoms with E-state index in [-0.39, 0.29) is 18.4 Å². The van der Waals surface area contributed by atoms with Gasteiger partial charge >= 0.3 is 0 Å². The van der Waals surface area contributed by atoms with Gasteiger partial charge in [0.15, 0.2) is 6.20 Å². The summed E-state index contributed by atoms with van der Waals surface area (Å²) >= 11 is 0. The fourth-order valence-corrected chi connectivity index (χ4v) is 3.81. The average Bonchev–Trinajstić information content (AvgIpc) is 2.80. The number of carbonyl (C=O) groups is 2. The van der Waals surface area contributed by atoms with Gasteiger partial charge in [0.1, 0.15) is 11.5 Å². The molecule has 7 heteroatoms. The Morgan fingerprint density at radius 1 is 0.969 bits per heavy atom. The van der Waals surface area contributed by atoms with E-state index in [1.165, 1.54) is 0 Å². The van der Waals surface area contributed by atoms with Crippen LogP contribution in [0.2, 0.25) is 0 Å². The van der Waals surface area contributed by atoms with Crippen molar-refractivity contribution in [2.75, 3.05) is 23.4 Å². The van der Waals surface area contributed by atoms with Crippen molar-refractivity contribution in [1.82, 2.24) is 0 Å². The Hall–Kier alpha value is -3.87. The standard InChI is InChI=1S/C25H25N3O4/c1-3-31-20-12-8-18(9-13-20)26-25(30)24-22-7-5-6-16-27(22)17-23(29)28(24)19-10-14-21(15-11-19)32-4-2/h5-16,24H,3-4,17H2,1-2H3/p+1. The maximum atomic E-state index is 13.5. The van der Waals surface area contributed by atoms with Crippen LogP contribution in [-0.4, -0.2) is 25.0 Å². The van der Waals surface area contributed by atoms with Crippen molar-refractivity contribution in [3.8, 4) is 11.5 Å². The van der Waals surface area contributed by atoms with Crippen LogP contribution in [0.15, 0.2) is 72.9 Å². The quantitative estimate of drug-likeness (QED) is 0.580. The number of hydrogen-bond acceptors (Lipinski definition) is 4. The van der Waals surface area contributed by atoms with Crippen LogP contribution in [-0.2, 0) is 16.1 Å². The van der Waals surface area contributed by atoms with E-state index in [9.17, 15) is 9.59 Å². The number of pyridine rings is 1. The number of aromatic nitrogens is 1. The molecule has 1 aliphatic rings. The Morgan fingerprint density at radius 2 is 1.59 bits per heavy atom. The first-order chi connectivity index (χ1) is 15.6. The fraction of sp³-hybridized carbons (Fsp3) is 0.240. The molecule has 1 unspecified atom stereocenters. The van der Waals surface area contributed by atoms with Crippen LogP contribution in [0.5, 0.6) is 11.5 Å². The van der Waals surface area contributed by atoms with Crippen LogP contribution < -0.4 is 24.3 Å². The van der Waals surface area contributed by atoms with Crippen molar-refractivity contribution in [2.24, 2.45) is 0 Å². The zero-order valence-corrected chi connectivity index (χ0v) is 18.2. The first-order valence-electron chi connectivity index (χ1n) is 10.7. The summed E-state index contributed by atoms with van der Waals surface area (Å²) in [7, 11) is 0. The van der Waals surface area contributed by atoms with E-state index >= 15 is 0 Å². The second-order valence-corrected chi connectivity index (χ2v) is 7.29. The molecule has 2 aromatic carbocycles. The zero-order chi connectivity index (χ0) is 22.5. The first kappa shape index (κ1) is 21.4. The van der Waals surface area contributed by atoms with E-state index in [4.69, 9.17) is 9.47 Å². The SMILES string of the molecule is CCOc1ccc(NC(=O)C2c3cccc[n+]3CC(=O)N2c2ccc(OCC)cc2)cc1. The second-order valence-electron chi connectivity index (χ2n) is 7.29. The number of hydrogen-bond donors (Lipinski definition) is 1. The van der Waals surface area contributed by atoms with Crippen molar-refractivity contribution < 1.29 is 23.6 Å². The summed E-state index contributed by atoms with van der Waals surface area (Å²) in [5.74, 6) is 0.988. The van der Waals surface area contributed by atoms with Gasteiger partial charge in [-0.15, -0.1) is 0 Å². The third kappa shape index (κ3) is 4.42. The molecular formula is C25H26N3O4+. The summed E-state index contributed by atoms with van der Waals surface area (Å²) in [6.07, 6.45) is 1.82. The highest BCUT2D eigenvalue weighted by Gasteiger charge is 2.43. The lowest BCUT2D eigenvalue weighted by Gasteiger charge is -2.32. The van der Waals surface area contributed by atoms with Gasteiger partial charge in [0.05, 0.1) is 13.2 Å². The largest absolute Gasteiger partial charge is 0.494 e. The van der Waals surface area contributed by atoms with Crippen molar-refractivity contribution in [2.45, 2.75) is 26.4 Å².